The van der Waals surface area contributed by atoms with Gasteiger partial charge in [-0.2, -0.15) is 12.6 Å². The molecule has 1 fully saturated rings. The number of carbonyl (C=O) groups excluding carboxylic acids is 4. The average Bonchev–Trinajstić information content (AvgIpc) is 3.30. The number of rotatable bonds is 8. The second-order valence-electron chi connectivity index (χ2n) is 8.70. The molecule has 4 rings (SSSR count). The van der Waals surface area contributed by atoms with Crippen LogP contribution in [0.3, 0.4) is 0 Å². The Hall–Kier alpha value is -3.89. The number of fused-ring (bicyclic) bond motifs is 1. The van der Waals surface area contributed by atoms with E-state index in [2.05, 4.69) is 28.6 Å². The second-order valence-corrected chi connectivity index (χ2v) is 9.44. The summed E-state index contributed by atoms with van der Waals surface area (Å²) < 4.78 is 4.73. The lowest BCUT2D eigenvalue weighted by Crippen LogP contribution is -2.46. The normalized spacial score (nSPS) is 16.9. The van der Waals surface area contributed by atoms with Crippen LogP contribution < -0.4 is 16.0 Å². The van der Waals surface area contributed by atoms with E-state index in [1.165, 1.54) is 12.0 Å². The molecule has 1 heterocycles. The molecular weight excluding hydrogens is 492 g/mol. The van der Waals surface area contributed by atoms with Crippen LogP contribution in [0.5, 0.6) is 0 Å². The number of ether oxygens (including phenoxy) is 1. The first-order valence-corrected chi connectivity index (χ1v) is 12.3. The quantitative estimate of drug-likeness (QED) is 0.267. The van der Waals surface area contributed by atoms with Crippen molar-refractivity contribution < 1.29 is 23.9 Å². The van der Waals surface area contributed by atoms with Crippen molar-refractivity contribution in [1.29, 1.82) is 0 Å². The third kappa shape index (κ3) is 6.46. The number of hydrogen-bond donors (Lipinski definition) is 4. The predicted octanol–water partition coefficient (Wildman–Crippen LogP) is 3.33. The minimum atomic E-state index is -0.654. The van der Waals surface area contributed by atoms with E-state index in [1.807, 2.05) is 42.5 Å². The van der Waals surface area contributed by atoms with Crippen molar-refractivity contribution in [2.45, 2.75) is 17.7 Å². The number of ketones is 1. The number of nitrogens with one attached hydrogen (secondary N) is 3. The molecule has 2 atom stereocenters. The molecule has 3 amide bonds. The summed E-state index contributed by atoms with van der Waals surface area (Å²) in [6.07, 6.45) is 0.424. The molecule has 3 N–H and O–H groups in total. The Bertz CT molecular complexity index is 1330. The largest absolute Gasteiger partial charge is 0.465 e. The standard InChI is InChI=1S/C27H28N4O5S/c1-36-26(34)21-8-4-5-9-22(21)30-25(33)15-28-14-24(32)23-13-20(37)16-31(23)27(35)29-19-11-10-17-6-2-3-7-18(17)12-19/h2-12,20,23,28,37H,13-16H2,1H3,(H,29,35)(H,30,33). The number of amides is 3. The average molecular weight is 521 g/mol. The molecule has 0 spiro atoms. The van der Waals surface area contributed by atoms with Gasteiger partial charge in [-0.05, 0) is 41.5 Å². The molecular formula is C27H28N4O5S. The first-order valence-electron chi connectivity index (χ1n) is 11.8. The van der Waals surface area contributed by atoms with Gasteiger partial charge in [0.05, 0.1) is 37.5 Å². The summed E-state index contributed by atoms with van der Waals surface area (Å²) >= 11 is 4.49. The summed E-state index contributed by atoms with van der Waals surface area (Å²) in [4.78, 5) is 51.7. The van der Waals surface area contributed by atoms with Gasteiger partial charge >= 0.3 is 12.0 Å². The number of benzene rings is 3. The van der Waals surface area contributed by atoms with Gasteiger partial charge in [-0.3, -0.25) is 9.59 Å². The monoisotopic (exact) mass is 520 g/mol. The highest BCUT2D eigenvalue weighted by Gasteiger charge is 2.38. The third-order valence-electron chi connectivity index (χ3n) is 6.10. The van der Waals surface area contributed by atoms with Crippen LogP contribution in [0.1, 0.15) is 16.8 Å². The molecule has 37 heavy (non-hydrogen) atoms. The summed E-state index contributed by atoms with van der Waals surface area (Å²) in [5.74, 6) is -1.20. The Labute approximate surface area is 220 Å². The molecule has 10 heteroatoms. The molecule has 3 aromatic rings. The minimum absolute atomic E-state index is 0.100. The number of carbonyl (C=O) groups is 4. The number of thiol groups is 1. The van der Waals surface area contributed by atoms with Crippen molar-refractivity contribution in [3.8, 4) is 0 Å². The fourth-order valence-electron chi connectivity index (χ4n) is 4.30. The van der Waals surface area contributed by atoms with Gasteiger partial charge in [0.15, 0.2) is 5.78 Å². The maximum Gasteiger partial charge on any atom is 0.339 e. The topological polar surface area (TPSA) is 117 Å². The number of esters is 1. The van der Waals surface area contributed by atoms with Gasteiger partial charge in [-0.1, -0.05) is 42.5 Å². The van der Waals surface area contributed by atoms with Gasteiger partial charge in [-0.25, -0.2) is 9.59 Å². The first-order chi connectivity index (χ1) is 17.9. The molecule has 0 saturated carbocycles. The zero-order chi connectivity index (χ0) is 26.4. The van der Waals surface area contributed by atoms with Crippen molar-refractivity contribution in [3.05, 3.63) is 72.3 Å². The van der Waals surface area contributed by atoms with Crippen LogP contribution in [0.15, 0.2) is 66.7 Å². The van der Waals surface area contributed by atoms with E-state index in [-0.39, 0.29) is 35.7 Å². The van der Waals surface area contributed by atoms with E-state index >= 15 is 0 Å². The highest BCUT2D eigenvalue weighted by Crippen LogP contribution is 2.25. The van der Waals surface area contributed by atoms with Crippen molar-refractivity contribution in [2.24, 2.45) is 0 Å². The van der Waals surface area contributed by atoms with Crippen LogP contribution in [-0.4, -0.2) is 66.6 Å². The number of Topliss-reactive ketones (excluding diaryl/α,β-unsaturated/α-hetero) is 1. The molecule has 0 bridgehead atoms. The van der Waals surface area contributed by atoms with Gasteiger partial charge in [0, 0.05) is 17.5 Å². The third-order valence-corrected chi connectivity index (χ3v) is 6.48. The molecule has 0 radical (unpaired) electrons. The molecule has 0 aliphatic carbocycles. The Balaban J connectivity index is 1.31. The lowest BCUT2D eigenvalue weighted by Gasteiger charge is -2.24. The Kier molecular flexibility index (Phi) is 8.42. The Morgan fingerprint density at radius 3 is 2.46 bits per heavy atom. The van der Waals surface area contributed by atoms with E-state index in [1.54, 1.807) is 24.3 Å². The molecule has 192 valence electrons. The molecule has 1 saturated heterocycles. The summed E-state index contributed by atoms with van der Waals surface area (Å²) in [6.45, 7) is 0.0856. The van der Waals surface area contributed by atoms with E-state index in [9.17, 15) is 19.2 Å². The van der Waals surface area contributed by atoms with E-state index in [4.69, 9.17) is 4.74 Å². The minimum Gasteiger partial charge on any atom is -0.465 e. The van der Waals surface area contributed by atoms with Gasteiger partial charge in [0.2, 0.25) is 5.91 Å². The van der Waals surface area contributed by atoms with Crippen LogP contribution in [0.25, 0.3) is 10.8 Å². The maximum absolute atomic E-state index is 13.0. The number of urea groups is 1. The van der Waals surface area contributed by atoms with Crippen LogP contribution in [-0.2, 0) is 14.3 Å². The van der Waals surface area contributed by atoms with Crippen LogP contribution >= 0.6 is 12.6 Å². The molecule has 1 aliphatic rings. The van der Waals surface area contributed by atoms with Gasteiger partial charge in [-0.15, -0.1) is 0 Å². The van der Waals surface area contributed by atoms with Gasteiger partial charge < -0.3 is 25.6 Å². The number of methoxy groups -OCH3 is 1. The first kappa shape index (κ1) is 26.2. The van der Waals surface area contributed by atoms with E-state index < -0.39 is 17.9 Å². The van der Waals surface area contributed by atoms with Gasteiger partial charge in [0.25, 0.3) is 0 Å². The van der Waals surface area contributed by atoms with Crippen molar-refractivity contribution in [1.82, 2.24) is 10.2 Å². The van der Waals surface area contributed by atoms with Crippen molar-refractivity contribution in [2.75, 3.05) is 37.4 Å². The zero-order valence-corrected chi connectivity index (χ0v) is 21.2. The van der Waals surface area contributed by atoms with Crippen LogP contribution in [0.4, 0.5) is 16.2 Å². The summed E-state index contributed by atoms with van der Waals surface area (Å²) in [6, 6.07) is 18.9. The highest BCUT2D eigenvalue weighted by molar-refractivity contribution is 7.81. The number of likely N-dealkylation sites (tertiary alicyclic amines) is 1. The summed E-state index contributed by atoms with van der Waals surface area (Å²) in [7, 11) is 1.26. The van der Waals surface area contributed by atoms with Crippen molar-refractivity contribution >= 4 is 58.5 Å². The summed E-state index contributed by atoms with van der Waals surface area (Å²) in [5, 5.41) is 10.3. The number of para-hydroxylation sites is 1. The summed E-state index contributed by atoms with van der Waals surface area (Å²) in [5.41, 5.74) is 1.19. The van der Waals surface area contributed by atoms with Gasteiger partial charge in [0.1, 0.15) is 0 Å². The molecule has 3 aromatic carbocycles. The number of nitrogens with zero attached hydrogens (tertiary/aromatic N) is 1. The SMILES string of the molecule is COC(=O)c1ccccc1NC(=O)CNCC(=O)C1CC(S)CN1C(=O)Nc1ccc2ccccc2c1. The maximum atomic E-state index is 13.0. The Morgan fingerprint density at radius 1 is 0.946 bits per heavy atom. The fourth-order valence-corrected chi connectivity index (χ4v) is 4.67. The zero-order valence-electron chi connectivity index (χ0n) is 20.3. The molecule has 1 aliphatic heterocycles. The predicted molar refractivity (Wildman–Crippen MR) is 145 cm³/mol. The van der Waals surface area contributed by atoms with Crippen LogP contribution in [0.2, 0.25) is 0 Å². The lowest BCUT2D eigenvalue weighted by molar-refractivity contribution is -0.121. The smallest absolute Gasteiger partial charge is 0.339 e. The Morgan fingerprint density at radius 2 is 1.68 bits per heavy atom. The lowest BCUT2D eigenvalue weighted by atomic mass is 10.1. The second kappa shape index (κ2) is 11.9. The fraction of sp³-hybridized carbons (Fsp3) is 0.259. The molecule has 2 unspecified atom stereocenters. The van der Waals surface area contributed by atoms with Crippen LogP contribution in [0, 0.1) is 0 Å². The van der Waals surface area contributed by atoms with E-state index in [0.717, 1.165) is 10.8 Å². The molecule has 9 nitrogen and oxygen atoms in total. The van der Waals surface area contributed by atoms with E-state index in [0.29, 0.717) is 24.3 Å². The number of hydrogen-bond acceptors (Lipinski definition) is 7. The number of anilines is 2. The molecule has 0 aromatic heterocycles. The highest BCUT2D eigenvalue weighted by atomic mass is 32.1. The van der Waals surface area contributed by atoms with Crippen molar-refractivity contribution in [3.63, 3.8) is 0 Å².